The number of rotatable bonds is 4. The van der Waals surface area contributed by atoms with Crippen molar-refractivity contribution in [2.24, 2.45) is 0 Å². The fourth-order valence-electron chi connectivity index (χ4n) is 2.57. The van der Waals surface area contributed by atoms with Gasteiger partial charge < -0.3 is 10.6 Å². The van der Waals surface area contributed by atoms with Gasteiger partial charge in [-0.05, 0) is 32.3 Å². The van der Waals surface area contributed by atoms with Gasteiger partial charge in [0.1, 0.15) is 12.1 Å². The highest BCUT2D eigenvalue weighted by Crippen LogP contribution is 2.29. The van der Waals surface area contributed by atoms with E-state index in [4.69, 9.17) is 0 Å². The average molecular weight is 301 g/mol. The molecule has 1 aromatic carbocycles. The Kier molecular flexibility index (Phi) is 3.39. The van der Waals surface area contributed by atoms with Crippen LogP contribution in [-0.4, -0.2) is 35.3 Å². The molecule has 116 valence electrons. The maximum absolute atomic E-state index is 12.6. The summed E-state index contributed by atoms with van der Waals surface area (Å²) in [6, 6.07) is 7.10. The van der Waals surface area contributed by atoms with Crippen molar-refractivity contribution in [2.45, 2.75) is 38.3 Å². The van der Waals surface area contributed by atoms with Crippen LogP contribution in [0.4, 0.5) is 4.79 Å². The van der Waals surface area contributed by atoms with E-state index in [1.54, 1.807) is 6.92 Å². The third-order valence-corrected chi connectivity index (χ3v) is 4.15. The van der Waals surface area contributed by atoms with Crippen LogP contribution in [0.2, 0.25) is 0 Å². The molecule has 0 radical (unpaired) electrons. The molecule has 1 saturated carbocycles. The minimum atomic E-state index is -1.12. The first-order valence-electron chi connectivity index (χ1n) is 7.41. The molecule has 6 nitrogen and oxygen atoms in total. The molecule has 22 heavy (non-hydrogen) atoms. The normalized spacial score (nSPS) is 24.4. The summed E-state index contributed by atoms with van der Waals surface area (Å²) in [5.74, 6) is -0.688. The summed E-state index contributed by atoms with van der Waals surface area (Å²) < 4.78 is 0. The number of nitrogens with zero attached hydrogens (tertiary/aromatic N) is 1. The summed E-state index contributed by atoms with van der Waals surface area (Å²) in [6.45, 7) is 3.38. The van der Waals surface area contributed by atoms with Crippen molar-refractivity contribution < 1.29 is 14.4 Å². The molecule has 3 rings (SSSR count). The maximum Gasteiger partial charge on any atom is 0.325 e. The van der Waals surface area contributed by atoms with E-state index in [-0.39, 0.29) is 18.5 Å². The van der Waals surface area contributed by atoms with Crippen LogP contribution in [-0.2, 0) is 15.1 Å². The SMILES string of the molecule is Cc1ccc([C@]2(C)NC(=O)N(CC(=O)NC3CC3)C2=O)cc1. The van der Waals surface area contributed by atoms with Gasteiger partial charge in [0.25, 0.3) is 5.91 Å². The lowest BCUT2D eigenvalue weighted by Crippen LogP contribution is -2.43. The Morgan fingerprint density at radius 2 is 1.95 bits per heavy atom. The molecule has 0 bridgehead atoms. The molecular weight excluding hydrogens is 282 g/mol. The summed E-state index contributed by atoms with van der Waals surface area (Å²) in [7, 11) is 0. The average Bonchev–Trinajstić information content (AvgIpc) is 3.24. The van der Waals surface area contributed by atoms with Crippen molar-refractivity contribution in [1.82, 2.24) is 15.5 Å². The number of carbonyl (C=O) groups is 3. The summed E-state index contributed by atoms with van der Waals surface area (Å²) in [5.41, 5.74) is 0.663. The van der Waals surface area contributed by atoms with E-state index in [0.717, 1.165) is 23.3 Å². The third kappa shape index (κ3) is 2.56. The Labute approximate surface area is 128 Å². The Balaban J connectivity index is 1.77. The van der Waals surface area contributed by atoms with E-state index >= 15 is 0 Å². The molecule has 0 spiro atoms. The molecule has 1 aliphatic carbocycles. The quantitative estimate of drug-likeness (QED) is 0.816. The summed E-state index contributed by atoms with van der Waals surface area (Å²) in [5, 5.41) is 5.48. The highest BCUT2D eigenvalue weighted by atomic mass is 16.2. The lowest BCUT2D eigenvalue weighted by molar-refractivity contribution is -0.134. The zero-order chi connectivity index (χ0) is 15.9. The molecule has 2 N–H and O–H groups in total. The summed E-state index contributed by atoms with van der Waals surface area (Å²) >= 11 is 0. The van der Waals surface area contributed by atoms with Gasteiger partial charge in [0.05, 0.1) is 0 Å². The van der Waals surface area contributed by atoms with E-state index < -0.39 is 17.5 Å². The minimum absolute atomic E-state index is 0.205. The first-order chi connectivity index (χ1) is 10.4. The van der Waals surface area contributed by atoms with Crippen molar-refractivity contribution in [1.29, 1.82) is 0 Å². The van der Waals surface area contributed by atoms with Crippen LogP contribution in [0.3, 0.4) is 0 Å². The zero-order valence-corrected chi connectivity index (χ0v) is 12.7. The topological polar surface area (TPSA) is 78.5 Å². The number of benzene rings is 1. The first-order valence-corrected chi connectivity index (χ1v) is 7.41. The standard InChI is InChI=1S/C16H19N3O3/c1-10-3-5-11(6-4-10)16(2)14(21)19(15(22)18-16)9-13(20)17-12-7-8-12/h3-6,12H,7-9H2,1-2H3,(H,17,20)(H,18,22)/t16-/m0/s1. The second-order valence-electron chi connectivity index (χ2n) is 6.15. The number of imide groups is 1. The van der Waals surface area contributed by atoms with Crippen molar-refractivity contribution in [2.75, 3.05) is 6.54 Å². The zero-order valence-electron chi connectivity index (χ0n) is 12.7. The fraction of sp³-hybridized carbons (Fsp3) is 0.438. The highest BCUT2D eigenvalue weighted by molar-refractivity contribution is 6.09. The predicted molar refractivity (Wildman–Crippen MR) is 79.9 cm³/mol. The second kappa shape index (κ2) is 5.12. The molecule has 0 aromatic heterocycles. The molecule has 2 fully saturated rings. The van der Waals surface area contributed by atoms with Gasteiger partial charge >= 0.3 is 6.03 Å². The van der Waals surface area contributed by atoms with E-state index in [1.165, 1.54) is 0 Å². The van der Waals surface area contributed by atoms with Crippen molar-refractivity contribution in [3.05, 3.63) is 35.4 Å². The number of hydrogen-bond acceptors (Lipinski definition) is 3. The number of urea groups is 1. The molecule has 1 heterocycles. The fourth-order valence-corrected chi connectivity index (χ4v) is 2.57. The van der Waals surface area contributed by atoms with Gasteiger partial charge in [-0.1, -0.05) is 29.8 Å². The van der Waals surface area contributed by atoms with E-state index in [2.05, 4.69) is 10.6 Å². The first kappa shape index (κ1) is 14.6. The van der Waals surface area contributed by atoms with Gasteiger partial charge in [-0.15, -0.1) is 0 Å². The largest absolute Gasteiger partial charge is 0.352 e. The van der Waals surface area contributed by atoms with Gasteiger partial charge in [0, 0.05) is 6.04 Å². The lowest BCUT2D eigenvalue weighted by atomic mass is 9.91. The second-order valence-corrected chi connectivity index (χ2v) is 6.15. The van der Waals surface area contributed by atoms with Crippen LogP contribution in [0.25, 0.3) is 0 Å². The predicted octanol–water partition coefficient (Wildman–Crippen LogP) is 1.04. The van der Waals surface area contributed by atoms with E-state index in [1.807, 2.05) is 31.2 Å². The van der Waals surface area contributed by atoms with Crippen LogP contribution >= 0.6 is 0 Å². The van der Waals surface area contributed by atoms with Crippen LogP contribution in [0, 0.1) is 6.92 Å². The third-order valence-electron chi connectivity index (χ3n) is 4.15. The monoisotopic (exact) mass is 301 g/mol. The van der Waals surface area contributed by atoms with Crippen molar-refractivity contribution in [3.8, 4) is 0 Å². The number of amides is 4. The molecule has 0 unspecified atom stereocenters. The number of nitrogens with one attached hydrogen (secondary N) is 2. The smallest absolute Gasteiger partial charge is 0.325 e. The summed E-state index contributed by atoms with van der Waals surface area (Å²) in [4.78, 5) is 37.5. The van der Waals surface area contributed by atoms with Crippen LogP contribution < -0.4 is 10.6 Å². The molecule has 1 aromatic rings. The Morgan fingerprint density at radius 1 is 1.32 bits per heavy atom. The van der Waals surface area contributed by atoms with Gasteiger partial charge in [-0.3, -0.25) is 14.5 Å². The molecule has 4 amide bonds. The van der Waals surface area contributed by atoms with Gasteiger partial charge in [-0.2, -0.15) is 0 Å². The van der Waals surface area contributed by atoms with Gasteiger partial charge in [0.2, 0.25) is 5.91 Å². The van der Waals surface area contributed by atoms with Crippen LogP contribution in [0.5, 0.6) is 0 Å². The molecule has 1 atom stereocenters. The van der Waals surface area contributed by atoms with Crippen LogP contribution in [0.15, 0.2) is 24.3 Å². The van der Waals surface area contributed by atoms with E-state index in [0.29, 0.717) is 5.56 Å². The number of aryl methyl sites for hydroxylation is 1. The Hall–Kier alpha value is -2.37. The molecule has 1 aliphatic heterocycles. The summed E-state index contributed by atoms with van der Waals surface area (Å²) in [6.07, 6.45) is 1.93. The maximum atomic E-state index is 12.6. The van der Waals surface area contributed by atoms with Crippen LogP contribution in [0.1, 0.15) is 30.9 Å². The molecule has 2 aliphatic rings. The van der Waals surface area contributed by atoms with E-state index in [9.17, 15) is 14.4 Å². The van der Waals surface area contributed by atoms with Crippen molar-refractivity contribution >= 4 is 17.8 Å². The number of carbonyl (C=O) groups excluding carboxylic acids is 3. The van der Waals surface area contributed by atoms with Gasteiger partial charge in [0.15, 0.2) is 0 Å². The highest BCUT2D eigenvalue weighted by Gasteiger charge is 2.49. The number of hydrogen-bond donors (Lipinski definition) is 2. The minimum Gasteiger partial charge on any atom is -0.352 e. The molecule has 1 saturated heterocycles. The van der Waals surface area contributed by atoms with Crippen molar-refractivity contribution in [3.63, 3.8) is 0 Å². The van der Waals surface area contributed by atoms with Gasteiger partial charge in [-0.25, -0.2) is 4.79 Å². The lowest BCUT2D eigenvalue weighted by Gasteiger charge is -2.22. The molecular formula is C16H19N3O3. The Bertz CT molecular complexity index is 637. The Morgan fingerprint density at radius 3 is 2.55 bits per heavy atom. The molecule has 6 heteroatoms.